The first kappa shape index (κ1) is 11.2. The van der Waals surface area contributed by atoms with Crippen LogP contribution in [0.15, 0.2) is 22.8 Å². The van der Waals surface area contributed by atoms with Crippen molar-refractivity contribution in [1.82, 2.24) is 10.6 Å². The van der Waals surface area contributed by atoms with E-state index < -0.39 is 0 Å². The summed E-state index contributed by atoms with van der Waals surface area (Å²) < 4.78 is 5.25. The average Bonchev–Trinajstić information content (AvgIpc) is 2.83. The van der Waals surface area contributed by atoms with Crippen molar-refractivity contribution in [1.29, 1.82) is 0 Å². The van der Waals surface area contributed by atoms with Crippen LogP contribution in [0.5, 0.6) is 0 Å². The maximum atomic E-state index is 11.9. The number of furan rings is 1. The predicted molar refractivity (Wildman–Crippen MR) is 60.9 cm³/mol. The molecule has 0 radical (unpaired) electrons. The first-order chi connectivity index (χ1) is 7.77. The number of nitrogens with one attached hydrogen (secondary N) is 2. The van der Waals surface area contributed by atoms with Crippen molar-refractivity contribution in [2.75, 3.05) is 13.1 Å². The molecule has 16 heavy (non-hydrogen) atoms. The van der Waals surface area contributed by atoms with Gasteiger partial charge in [-0.25, -0.2) is 0 Å². The van der Waals surface area contributed by atoms with Gasteiger partial charge in [-0.05, 0) is 38.4 Å². The minimum absolute atomic E-state index is 0.0515. The second-order valence-corrected chi connectivity index (χ2v) is 4.29. The Hall–Kier alpha value is -1.29. The van der Waals surface area contributed by atoms with Gasteiger partial charge < -0.3 is 15.1 Å². The van der Waals surface area contributed by atoms with E-state index in [-0.39, 0.29) is 17.9 Å². The molecular weight excluding hydrogens is 204 g/mol. The van der Waals surface area contributed by atoms with E-state index in [2.05, 4.69) is 10.6 Å². The Kier molecular flexibility index (Phi) is 3.62. The van der Waals surface area contributed by atoms with E-state index in [1.54, 1.807) is 6.26 Å². The predicted octanol–water partition coefficient (Wildman–Crippen LogP) is 1.46. The normalized spacial score (nSPS) is 22.7. The van der Waals surface area contributed by atoms with Crippen LogP contribution in [0.4, 0.5) is 0 Å². The second kappa shape index (κ2) is 5.16. The van der Waals surface area contributed by atoms with E-state index in [1.165, 1.54) is 0 Å². The standard InChI is InChI=1S/C12H18N2O2/c1-9(11-5-3-7-16-11)14-12(15)10-4-2-6-13-8-10/h3,5,7,9-10,13H,2,4,6,8H2,1H3,(H,14,15). The van der Waals surface area contributed by atoms with Gasteiger partial charge in [0.25, 0.3) is 0 Å². The minimum atomic E-state index is -0.0515. The molecule has 88 valence electrons. The van der Waals surface area contributed by atoms with Crippen molar-refractivity contribution in [2.24, 2.45) is 5.92 Å². The van der Waals surface area contributed by atoms with Crippen molar-refractivity contribution in [3.63, 3.8) is 0 Å². The highest BCUT2D eigenvalue weighted by Gasteiger charge is 2.22. The summed E-state index contributed by atoms with van der Waals surface area (Å²) in [5.41, 5.74) is 0. The molecule has 4 nitrogen and oxygen atoms in total. The Morgan fingerprint density at radius 1 is 1.69 bits per heavy atom. The van der Waals surface area contributed by atoms with E-state index in [4.69, 9.17) is 4.42 Å². The molecule has 0 aromatic carbocycles. The number of hydrogen-bond acceptors (Lipinski definition) is 3. The van der Waals surface area contributed by atoms with E-state index in [0.29, 0.717) is 0 Å². The zero-order chi connectivity index (χ0) is 11.4. The van der Waals surface area contributed by atoms with Crippen LogP contribution >= 0.6 is 0 Å². The van der Waals surface area contributed by atoms with E-state index in [0.717, 1.165) is 31.7 Å². The fourth-order valence-corrected chi connectivity index (χ4v) is 2.02. The first-order valence-electron chi connectivity index (χ1n) is 5.82. The van der Waals surface area contributed by atoms with Crippen LogP contribution in [0, 0.1) is 5.92 Å². The van der Waals surface area contributed by atoms with Crippen LogP contribution < -0.4 is 10.6 Å². The molecule has 2 rings (SSSR count). The number of piperidine rings is 1. The van der Waals surface area contributed by atoms with Crippen LogP contribution in [-0.4, -0.2) is 19.0 Å². The van der Waals surface area contributed by atoms with Crippen LogP contribution in [0.3, 0.4) is 0 Å². The molecule has 0 saturated carbocycles. The zero-order valence-corrected chi connectivity index (χ0v) is 9.53. The van der Waals surface area contributed by atoms with Crippen molar-refractivity contribution >= 4 is 5.91 Å². The fourth-order valence-electron chi connectivity index (χ4n) is 2.02. The first-order valence-corrected chi connectivity index (χ1v) is 5.82. The molecule has 1 aromatic heterocycles. The number of amides is 1. The van der Waals surface area contributed by atoms with Gasteiger partial charge in [0, 0.05) is 6.54 Å². The zero-order valence-electron chi connectivity index (χ0n) is 9.53. The summed E-state index contributed by atoms with van der Waals surface area (Å²) >= 11 is 0. The highest BCUT2D eigenvalue weighted by Crippen LogP contribution is 2.15. The van der Waals surface area contributed by atoms with Gasteiger partial charge in [-0.3, -0.25) is 4.79 Å². The quantitative estimate of drug-likeness (QED) is 0.814. The summed E-state index contributed by atoms with van der Waals surface area (Å²) in [5.74, 6) is 1.03. The molecule has 1 saturated heterocycles. The fraction of sp³-hybridized carbons (Fsp3) is 0.583. The molecule has 2 atom stereocenters. The Balaban J connectivity index is 1.86. The molecule has 1 amide bonds. The van der Waals surface area contributed by atoms with E-state index >= 15 is 0 Å². The van der Waals surface area contributed by atoms with Gasteiger partial charge in [-0.15, -0.1) is 0 Å². The highest BCUT2D eigenvalue weighted by molar-refractivity contribution is 5.79. The summed E-state index contributed by atoms with van der Waals surface area (Å²) in [6.45, 7) is 3.75. The molecule has 0 bridgehead atoms. The van der Waals surface area contributed by atoms with Crippen molar-refractivity contribution in [2.45, 2.75) is 25.8 Å². The summed E-state index contributed by atoms with van der Waals surface area (Å²) in [6, 6.07) is 3.66. The summed E-state index contributed by atoms with van der Waals surface area (Å²) in [7, 11) is 0. The third kappa shape index (κ3) is 2.64. The third-order valence-electron chi connectivity index (χ3n) is 3.00. The number of hydrogen-bond donors (Lipinski definition) is 2. The number of carbonyl (C=O) groups excluding carboxylic acids is 1. The third-order valence-corrected chi connectivity index (χ3v) is 3.00. The van der Waals surface area contributed by atoms with Gasteiger partial charge in [0.1, 0.15) is 5.76 Å². The van der Waals surface area contributed by atoms with Gasteiger partial charge in [0.15, 0.2) is 0 Å². The second-order valence-electron chi connectivity index (χ2n) is 4.29. The maximum absolute atomic E-state index is 11.9. The van der Waals surface area contributed by atoms with Crippen molar-refractivity contribution in [3.05, 3.63) is 24.2 Å². The summed E-state index contributed by atoms with van der Waals surface area (Å²) in [5, 5.41) is 6.22. The van der Waals surface area contributed by atoms with E-state index in [1.807, 2.05) is 19.1 Å². The Morgan fingerprint density at radius 2 is 2.56 bits per heavy atom. The maximum Gasteiger partial charge on any atom is 0.224 e. The summed E-state index contributed by atoms with van der Waals surface area (Å²) in [4.78, 5) is 11.9. The van der Waals surface area contributed by atoms with E-state index in [9.17, 15) is 4.79 Å². The monoisotopic (exact) mass is 222 g/mol. The smallest absolute Gasteiger partial charge is 0.224 e. The number of carbonyl (C=O) groups is 1. The molecule has 1 aromatic rings. The Bertz CT molecular complexity index is 329. The van der Waals surface area contributed by atoms with Crippen LogP contribution in [0.1, 0.15) is 31.6 Å². The lowest BCUT2D eigenvalue weighted by molar-refractivity contribution is -0.126. The molecule has 0 spiro atoms. The molecule has 2 N–H and O–H groups in total. The topological polar surface area (TPSA) is 54.3 Å². The lowest BCUT2D eigenvalue weighted by Crippen LogP contribution is -2.41. The number of rotatable bonds is 3. The molecule has 4 heteroatoms. The SMILES string of the molecule is CC(NC(=O)C1CCCNC1)c1ccco1. The molecule has 1 aliphatic heterocycles. The van der Waals surface area contributed by atoms with Gasteiger partial charge >= 0.3 is 0 Å². The molecular formula is C12H18N2O2. The summed E-state index contributed by atoms with van der Waals surface area (Å²) in [6.07, 6.45) is 3.68. The van der Waals surface area contributed by atoms with Crippen LogP contribution in [0.2, 0.25) is 0 Å². The Labute approximate surface area is 95.4 Å². The lowest BCUT2D eigenvalue weighted by atomic mass is 9.98. The lowest BCUT2D eigenvalue weighted by Gasteiger charge is -2.23. The van der Waals surface area contributed by atoms with Crippen molar-refractivity contribution < 1.29 is 9.21 Å². The average molecular weight is 222 g/mol. The minimum Gasteiger partial charge on any atom is -0.467 e. The molecule has 0 aliphatic carbocycles. The van der Waals surface area contributed by atoms with Gasteiger partial charge in [-0.2, -0.15) is 0 Å². The van der Waals surface area contributed by atoms with Crippen LogP contribution in [0.25, 0.3) is 0 Å². The Morgan fingerprint density at radius 3 is 3.19 bits per heavy atom. The largest absolute Gasteiger partial charge is 0.467 e. The van der Waals surface area contributed by atoms with Gasteiger partial charge in [0.05, 0.1) is 18.2 Å². The van der Waals surface area contributed by atoms with Gasteiger partial charge in [-0.1, -0.05) is 0 Å². The molecule has 1 fully saturated rings. The van der Waals surface area contributed by atoms with Crippen molar-refractivity contribution in [3.8, 4) is 0 Å². The highest BCUT2D eigenvalue weighted by atomic mass is 16.3. The molecule has 2 unspecified atom stereocenters. The molecule has 2 heterocycles. The van der Waals surface area contributed by atoms with Crippen LogP contribution in [-0.2, 0) is 4.79 Å². The van der Waals surface area contributed by atoms with Gasteiger partial charge in [0.2, 0.25) is 5.91 Å². The molecule has 1 aliphatic rings.